The number of rotatable bonds is 3. The molecule has 1 aliphatic heterocycles. The summed E-state index contributed by atoms with van der Waals surface area (Å²) in [6.07, 6.45) is 5.22. The maximum absolute atomic E-state index is 6.26. The molecule has 0 amide bonds. The quantitative estimate of drug-likeness (QED) is 0.640. The van der Waals surface area contributed by atoms with E-state index in [9.17, 15) is 0 Å². The van der Waals surface area contributed by atoms with Gasteiger partial charge in [-0.25, -0.2) is 0 Å². The fraction of sp³-hybridized carbons (Fsp3) is 0.857. The van der Waals surface area contributed by atoms with Crippen molar-refractivity contribution in [2.45, 2.75) is 57.7 Å². The predicted molar refractivity (Wildman–Crippen MR) is 80.1 cm³/mol. The molecule has 5 heteroatoms. The Bertz CT molecular complexity index is 378. The van der Waals surface area contributed by atoms with Gasteiger partial charge in [-0.1, -0.05) is 19.9 Å². The second kappa shape index (κ2) is 4.76. The lowest BCUT2D eigenvalue weighted by Gasteiger charge is -2.64. The van der Waals surface area contributed by atoms with Crippen molar-refractivity contribution >= 4 is 19.5 Å². The van der Waals surface area contributed by atoms with E-state index in [2.05, 4.69) is 27.4 Å². The van der Waals surface area contributed by atoms with E-state index in [0.717, 1.165) is 18.8 Å². The highest BCUT2D eigenvalue weighted by molar-refractivity contribution is 6.47. The minimum absolute atomic E-state index is 0. The van der Waals surface area contributed by atoms with Gasteiger partial charge >= 0.3 is 7.12 Å². The zero-order chi connectivity index (χ0) is 13.1. The normalized spacial score (nSPS) is 43.8. The van der Waals surface area contributed by atoms with Gasteiger partial charge in [-0.2, -0.15) is 0 Å². The molecular weight excluding hydrogens is 260 g/mol. The van der Waals surface area contributed by atoms with Crippen molar-refractivity contribution in [1.29, 1.82) is 0 Å². The predicted octanol–water partition coefficient (Wildman–Crippen LogP) is 2.58. The van der Waals surface area contributed by atoms with Crippen LogP contribution in [0.1, 0.15) is 40.0 Å². The Labute approximate surface area is 122 Å². The van der Waals surface area contributed by atoms with Gasteiger partial charge in [-0.3, -0.25) is 0 Å². The van der Waals surface area contributed by atoms with Gasteiger partial charge in [0.15, 0.2) is 0 Å². The SMILES string of the molecule is C=CCC(N)B1OC2CC3CC(C3(C)C)[C@]2(C)O1.Cl. The summed E-state index contributed by atoms with van der Waals surface area (Å²) in [5.41, 5.74) is 6.37. The summed E-state index contributed by atoms with van der Waals surface area (Å²) in [6, 6.07) is 0. The van der Waals surface area contributed by atoms with E-state index in [0.29, 0.717) is 11.3 Å². The molecule has 5 atom stereocenters. The number of hydrogen-bond donors (Lipinski definition) is 1. The van der Waals surface area contributed by atoms with Crippen molar-refractivity contribution in [2.24, 2.45) is 23.0 Å². The van der Waals surface area contributed by atoms with Crippen LogP contribution in [0, 0.1) is 17.3 Å². The van der Waals surface area contributed by atoms with Crippen molar-refractivity contribution in [2.75, 3.05) is 0 Å². The fourth-order valence-electron chi connectivity index (χ4n) is 4.39. The van der Waals surface area contributed by atoms with Crippen LogP contribution < -0.4 is 5.73 Å². The molecule has 4 fully saturated rings. The van der Waals surface area contributed by atoms with Crippen molar-refractivity contribution in [3.05, 3.63) is 12.7 Å². The molecule has 108 valence electrons. The topological polar surface area (TPSA) is 44.5 Å². The molecular formula is C14H25BClNO2. The standard InChI is InChI=1S/C14H24BNO2.ClH/c1-5-6-12(16)15-17-11-8-9-7-10(13(9,2)3)14(11,4)18-15;/h5,9-12H,1,6-8,16H2,2-4H3;1H/t9?,10?,11?,12?,14-;/m0./s1. The molecule has 1 heterocycles. The molecule has 3 aliphatic carbocycles. The summed E-state index contributed by atoms with van der Waals surface area (Å²) in [7, 11) is -0.256. The second-order valence-electron chi connectivity index (χ2n) is 7.03. The number of halogens is 1. The lowest BCUT2D eigenvalue weighted by atomic mass is 9.43. The van der Waals surface area contributed by atoms with Gasteiger partial charge in [0, 0.05) is 5.94 Å². The molecule has 2 N–H and O–H groups in total. The third-order valence-corrected chi connectivity index (χ3v) is 5.76. The van der Waals surface area contributed by atoms with Crippen LogP contribution in [0.4, 0.5) is 0 Å². The summed E-state index contributed by atoms with van der Waals surface area (Å²) in [6.45, 7) is 10.7. The Morgan fingerprint density at radius 2 is 2.11 bits per heavy atom. The van der Waals surface area contributed by atoms with Crippen LogP contribution >= 0.6 is 12.4 Å². The summed E-state index contributed by atoms with van der Waals surface area (Å²) in [5, 5.41) is 0. The van der Waals surface area contributed by atoms with Gasteiger partial charge in [-0.15, -0.1) is 19.0 Å². The minimum atomic E-state index is -0.256. The molecule has 4 unspecified atom stereocenters. The van der Waals surface area contributed by atoms with Gasteiger partial charge in [-0.05, 0) is 43.4 Å². The number of hydrogen-bond acceptors (Lipinski definition) is 3. The van der Waals surface area contributed by atoms with E-state index >= 15 is 0 Å². The molecule has 1 saturated heterocycles. The average Bonchev–Trinajstić information content (AvgIpc) is 2.65. The molecule has 4 rings (SSSR count). The summed E-state index contributed by atoms with van der Waals surface area (Å²) >= 11 is 0. The maximum Gasteiger partial charge on any atom is 0.475 e. The molecule has 0 radical (unpaired) electrons. The Kier molecular flexibility index (Phi) is 3.85. The third kappa shape index (κ3) is 1.99. The highest BCUT2D eigenvalue weighted by Gasteiger charge is 2.68. The van der Waals surface area contributed by atoms with Crippen molar-refractivity contribution in [1.82, 2.24) is 0 Å². The van der Waals surface area contributed by atoms with Crippen LogP contribution in [-0.4, -0.2) is 24.8 Å². The van der Waals surface area contributed by atoms with Gasteiger partial charge < -0.3 is 15.0 Å². The second-order valence-corrected chi connectivity index (χ2v) is 7.03. The Morgan fingerprint density at radius 3 is 2.68 bits per heavy atom. The van der Waals surface area contributed by atoms with Crippen LogP contribution in [-0.2, 0) is 9.31 Å². The summed E-state index contributed by atoms with van der Waals surface area (Å²) < 4.78 is 12.3. The Hall–Kier alpha value is -0.0251. The van der Waals surface area contributed by atoms with Crippen molar-refractivity contribution < 1.29 is 9.31 Å². The van der Waals surface area contributed by atoms with E-state index in [1.54, 1.807) is 0 Å². The van der Waals surface area contributed by atoms with Crippen LogP contribution in [0.5, 0.6) is 0 Å². The molecule has 2 bridgehead atoms. The van der Waals surface area contributed by atoms with Gasteiger partial charge in [0.05, 0.1) is 11.7 Å². The van der Waals surface area contributed by atoms with Crippen LogP contribution in [0.25, 0.3) is 0 Å². The summed E-state index contributed by atoms with van der Waals surface area (Å²) in [5.74, 6) is 1.30. The fourth-order valence-corrected chi connectivity index (χ4v) is 4.39. The average molecular weight is 286 g/mol. The third-order valence-electron chi connectivity index (χ3n) is 5.76. The monoisotopic (exact) mass is 285 g/mol. The van der Waals surface area contributed by atoms with E-state index in [4.69, 9.17) is 15.0 Å². The molecule has 0 aromatic carbocycles. The first-order valence-corrected chi connectivity index (χ1v) is 7.09. The highest BCUT2D eigenvalue weighted by Crippen LogP contribution is 2.65. The zero-order valence-electron chi connectivity index (χ0n) is 12.1. The van der Waals surface area contributed by atoms with E-state index < -0.39 is 0 Å². The van der Waals surface area contributed by atoms with Crippen molar-refractivity contribution in [3.63, 3.8) is 0 Å². The molecule has 19 heavy (non-hydrogen) atoms. The van der Waals surface area contributed by atoms with Crippen LogP contribution in [0.3, 0.4) is 0 Å². The van der Waals surface area contributed by atoms with E-state index in [1.165, 1.54) is 6.42 Å². The molecule has 4 aliphatic rings. The van der Waals surface area contributed by atoms with Crippen molar-refractivity contribution in [3.8, 4) is 0 Å². The first kappa shape index (κ1) is 15.4. The lowest BCUT2D eigenvalue weighted by molar-refractivity contribution is -0.199. The molecule has 0 spiro atoms. The molecule has 0 aromatic rings. The van der Waals surface area contributed by atoms with Gasteiger partial charge in [0.25, 0.3) is 0 Å². The van der Waals surface area contributed by atoms with E-state index in [-0.39, 0.29) is 37.2 Å². The minimum Gasteiger partial charge on any atom is -0.404 e. The Morgan fingerprint density at radius 1 is 1.42 bits per heavy atom. The molecule has 0 aromatic heterocycles. The van der Waals surface area contributed by atoms with Crippen LogP contribution in [0.2, 0.25) is 0 Å². The first-order chi connectivity index (χ1) is 8.39. The molecule has 3 nitrogen and oxygen atoms in total. The number of nitrogens with two attached hydrogens (primary N) is 1. The summed E-state index contributed by atoms with van der Waals surface area (Å²) in [4.78, 5) is 0. The smallest absolute Gasteiger partial charge is 0.404 e. The largest absolute Gasteiger partial charge is 0.475 e. The van der Waals surface area contributed by atoms with Gasteiger partial charge in [0.2, 0.25) is 0 Å². The van der Waals surface area contributed by atoms with E-state index in [1.807, 2.05) is 6.08 Å². The highest BCUT2D eigenvalue weighted by atomic mass is 35.5. The zero-order valence-corrected chi connectivity index (χ0v) is 12.9. The Balaban J connectivity index is 0.00000133. The lowest BCUT2D eigenvalue weighted by Crippen LogP contribution is -2.65. The first-order valence-electron chi connectivity index (χ1n) is 7.09. The maximum atomic E-state index is 6.26. The van der Waals surface area contributed by atoms with Crippen LogP contribution in [0.15, 0.2) is 12.7 Å². The van der Waals surface area contributed by atoms with Gasteiger partial charge in [0.1, 0.15) is 0 Å². The molecule has 3 saturated carbocycles.